The Labute approximate surface area is 154 Å². The summed E-state index contributed by atoms with van der Waals surface area (Å²) in [5.41, 5.74) is 8.99. The first-order valence-corrected chi connectivity index (χ1v) is 9.25. The first-order chi connectivity index (χ1) is 12.7. The molecule has 2 saturated heterocycles. The second-order valence-corrected chi connectivity index (χ2v) is 6.98. The molecule has 0 aliphatic carbocycles. The lowest BCUT2D eigenvalue weighted by atomic mass is 9.83. The quantitative estimate of drug-likeness (QED) is 0.870. The summed E-state index contributed by atoms with van der Waals surface area (Å²) >= 11 is 0. The fourth-order valence-electron chi connectivity index (χ4n) is 4.34. The molecule has 2 fully saturated rings. The number of carbonyl (C=O) groups is 1. The molecule has 4 rings (SSSR count). The van der Waals surface area contributed by atoms with E-state index in [-0.39, 0.29) is 30.0 Å². The molecule has 2 aromatic carbocycles. The Balaban J connectivity index is 1.72. The standard InChI is InChI=1S/C21H25N3O2/c1-3-13-24-20(15-7-5-4-6-8-15)17-18(22-23-19(17)21(24)25)14-9-11-16(26-2)12-10-14/h4-12,17-20,22-23H,3,13H2,1-2H3. The molecule has 2 aromatic rings. The highest BCUT2D eigenvalue weighted by atomic mass is 16.5. The van der Waals surface area contributed by atoms with Crippen LogP contribution in [0, 0.1) is 5.92 Å². The summed E-state index contributed by atoms with van der Waals surface area (Å²) in [5.74, 6) is 1.17. The van der Waals surface area contributed by atoms with Crippen molar-refractivity contribution >= 4 is 5.91 Å². The van der Waals surface area contributed by atoms with Gasteiger partial charge in [0.25, 0.3) is 0 Å². The number of benzene rings is 2. The summed E-state index contributed by atoms with van der Waals surface area (Å²) in [5, 5.41) is 0. The average molecular weight is 351 g/mol. The molecular weight excluding hydrogens is 326 g/mol. The Hall–Kier alpha value is -2.37. The van der Waals surface area contributed by atoms with Crippen molar-refractivity contribution in [1.29, 1.82) is 0 Å². The van der Waals surface area contributed by atoms with E-state index in [4.69, 9.17) is 4.74 Å². The number of fused-ring (bicyclic) bond motifs is 1. The van der Waals surface area contributed by atoms with Crippen LogP contribution in [0.5, 0.6) is 5.75 Å². The van der Waals surface area contributed by atoms with Gasteiger partial charge in [-0.1, -0.05) is 49.4 Å². The number of ether oxygens (including phenoxy) is 1. The topological polar surface area (TPSA) is 53.6 Å². The molecule has 5 nitrogen and oxygen atoms in total. The number of rotatable bonds is 5. The van der Waals surface area contributed by atoms with Gasteiger partial charge < -0.3 is 9.64 Å². The van der Waals surface area contributed by atoms with Gasteiger partial charge in [-0.15, -0.1) is 0 Å². The summed E-state index contributed by atoms with van der Waals surface area (Å²) in [6.07, 6.45) is 0.954. The van der Waals surface area contributed by atoms with Crippen molar-refractivity contribution in [3.05, 3.63) is 65.7 Å². The van der Waals surface area contributed by atoms with E-state index in [0.717, 1.165) is 24.3 Å². The minimum absolute atomic E-state index is 0.0712. The molecule has 0 saturated carbocycles. The maximum absolute atomic E-state index is 13.0. The zero-order valence-electron chi connectivity index (χ0n) is 15.2. The van der Waals surface area contributed by atoms with Crippen LogP contribution < -0.4 is 15.6 Å². The zero-order valence-corrected chi connectivity index (χ0v) is 15.2. The molecule has 1 amide bonds. The van der Waals surface area contributed by atoms with Crippen molar-refractivity contribution in [3.8, 4) is 5.75 Å². The minimum Gasteiger partial charge on any atom is -0.497 e. The summed E-state index contributed by atoms with van der Waals surface area (Å²) in [4.78, 5) is 15.1. The number of nitrogens with zero attached hydrogens (tertiary/aromatic N) is 1. The second kappa shape index (κ2) is 7.09. The Morgan fingerprint density at radius 2 is 1.65 bits per heavy atom. The van der Waals surface area contributed by atoms with Crippen molar-refractivity contribution in [3.63, 3.8) is 0 Å². The molecule has 0 aromatic heterocycles. The number of hydrazine groups is 1. The van der Waals surface area contributed by atoms with Crippen LogP contribution in [-0.2, 0) is 4.79 Å². The fourth-order valence-corrected chi connectivity index (χ4v) is 4.34. The Morgan fingerprint density at radius 3 is 2.31 bits per heavy atom. The summed E-state index contributed by atoms with van der Waals surface area (Å²) in [7, 11) is 1.67. The van der Waals surface area contributed by atoms with E-state index in [9.17, 15) is 4.79 Å². The molecule has 4 unspecified atom stereocenters. The maximum Gasteiger partial charge on any atom is 0.242 e. The predicted molar refractivity (Wildman–Crippen MR) is 100 cm³/mol. The van der Waals surface area contributed by atoms with Gasteiger partial charge in [-0.2, -0.15) is 0 Å². The SMILES string of the molecule is CCCN1C(=O)C2NNC(c3ccc(OC)cc3)C2C1c1ccccc1. The van der Waals surface area contributed by atoms with Crippen LogP contribution in [0.4, 0.5) is 0 Å². The molecule has 2 aliphatic rings. The van der Waals surface area contributed by atoms with Gasteiger partial charge in [-0.25, -0.2) is 10.9 Å². The molecule has 2 aliphatic heterocycles. The number of amides is 1. The number of hydrogen-bond acceptors (Lipinski definition) is 4. The van der Waals surface area contributed by atoms with Gasteiger partial charge in [-0.05, 0) is 29.7 Å². The minimum atomic E-state index is -0.196. The second-order valence-electron chi connectivity index (χ2n) is 6.98. The van der Waals surface area contributed by atoms with Crippen molar-refractivity contribution in [2.24, 2.45) is 5.92 Å². The van der Waals surface area contributed by atoms with Crippen molar-refractivity contribution in [1.82, 2.24) is 15.8 Å². The lowest BCUT2D eigenvalue weighted by Gasteiger charge is -2.31. The van der Waals surface area contributed by atoms with Crippen LogP contribution >= 0.6 is 0 Å². The Bertz CT molecular complexity index is 763. The Kier molecular flexibility index (Phi) is 4.66. The highest BCUT2D eigenvalue weighted by molar-refractivity contribution is 5.86. The van der Waals surface area contributed by atoms with Gasteiger partial charge in [0.05, 0.1) is 19.2 Å². The van der Waals surface area contributed by atoms with E-state index in [2.05, 4.69) is 59.1 Å². The zero-order chi connectivity index (χ0) is 18.1. The van der Waals surface area contributed by atoms with Crippen LogP contribution in [-0.4, -0.2) is 30.5 Å². The van der Waals surface area contributed by atoms with Gasteiger partial charge in [0.1, 0.15) is 11.8 Å². The molecule has 5 heteroatoms. The van der Waals surface area contributed by atoms with Crippen molar-refractivity contribution in [2.45, 2.75) is 31.5 Å². The molecule has 2 N–H and O–H groups in total. The van der Waals surface area contributed by atoms with E-state index in [1.807, 2.05) is 18.2 Å². The third-order valence-electron chi connectivity index (χ3n) is 5.49. The largest absolute Gasteiger partial charge is 0.497 e. The third kappa shape index (κ3) is 2.77. The van der Waals surface area contributed by atoms with Gasteiger partial charge in [-0.3, -0.25) is 4.79 Å². The van der Waals surface area contributed by atoms with E-state index in [1.54, 1.807) is 7.11 Å². The maximum atomic E-state index is 13.0. The number of carbonyl (C=O) groups excluding carboxylic acids is 1. The van der Waals surface area contributed by atoms with Crippen LogP contribution in [0.1, 0.15) is 36.6 Å². The summed E-state index contributed by atoms with van der Waals surface area (Å²) < 4.78 is 5.28. The van der Waals surface area contributed by atoms with Crippen molar-refractivity contribution < 1.29 is 9.53 Å². The molecule has 0 bridgehead atoms. The lowest BCUT2D eigenvalue weighted by molar-refractivity contribution is -0.130. The normalized spacial score (nSPS) is 27.6. The Morgan fingerprint density at radius 1 is 0.962 bits per heavy atom. The molecule has 0 spiro atoms. The number of hydrogen-bond donors (Lipinski definition) is 2. The van der Waals surface area contributed by atoms with E-state index >= 15 is 0 Å². The van der Waals surface area contributed by atoms with E-state index in [1.165, 1.54) is 5.56 Å². The predicted octanol–water partition coefficient (Wildman–Crippen LogP) is 2.82. The molecule has 26 heavy (non-hydrogen) atoms. The molecule has 4 atom stereocenters. The molecule has 0 radical (unpaired) electrons. The van der Waals surface area contributed by atoms with Crippen LogP contribution in [0.15, 0.2) is 54.6 Å². The fraction of sp³-hybridized carbons (Fsp3) is 0.381. The van der Waals surface area contributed by atoms with Gasteiger partial charge in [0, 0.05) is 12.5 Å². The number of nitrogens with one attached hydrogen (secondary N) is 2. The van der Waals surface area contributed by atoms with E-state index in [0.29, 0.717) is 0 Å². The molecular formula is C21H25N3O2. The van der Waals surface area contributed by atoms with Gasteiger partial charge in [0.15, 0.2) is 0 Å². The molecule has 136 valence electrons. The third-order valence-corrected chi connectivity index (χ3v) is 5.49. The van der Waals surface area contributed by atoms with Gasteiger partial charge in [0.2, 0.25) is 5.91 Å². The van der Waals surface area contributed by atoms with E-state index < -0.39 is 0 Å². The summed E-state index contributed by atoms with van der Waals surface area (Å²) in [6, 6.07) is 18.4. The van der Waals surface area contributed by atoms with Crippen LogP contribution in [0.25, 0.3) is 0 Å². The van der Waals surface area contributed by atoms with Crippen LogP contribution in [0.2, 0.25) is 0 Å². The first-order valence-electron chi connectivity index (χ1n) is 9.25. The average Bonchev–Trinajstić information content (AvgIpc) is 3.23. The highest BCUT2D eigenvalue weighted by Crippen LogP contribution is 2.47. The van der Waals surface area contributed by atoms with Crippen molar-refractivity contribution in [2.75, 3.05) is 13.7 Å². The lowest BCUT2D eigenvalue weighted by Crippen LogP contribution is -2.41. The number of methoxy groups -OCH3 is 1. The first kappa shape index (κ1) is 17.1. The monoisotopic (exact) mass is 351 g/mol. The number of likely N-dealkylation sites (tertiary alicyclic amines) is 1. The van der Waals surface area contributed by atoms with Crippen LogP contribution in [0.3, 0.4) is 0 Å². The van der Waals surface area contributed by atoms with Gasteiger partial charge >= 0.3 is 0 Å². The smallest absolute Gasteiger partial charge is 0.242 e. The summed E-state index contributed by atoms with van der Waals surface area (Å²) in [6.45, 7) is 2.90. The highest BCUT2D eigenvalue weighted by Gasteiger charge is 2.55. The molecule has 2 heterocycles.